The van der Waals surface area contributed by atoms with Crippen molar-refractivity contribution in [2.75, 3.05) is 29.9 Å². The third-order valence-electron chi connectivity index (χ3n) is 3.61. The topological polar surface area (TPSA) is 114 Å². The summed E-state index contributed by atoms with van der Waals surface area (Å²) >= 11 is 0. The Morgan fingerprint density at radius 3 is 2.71 bits per heavy atom. The normalized spacial score (nSPS) is 15.8. The second-order valence-electron chi connectivity index (χ2n) is 4.99. The van der Waals surface area contributed by atoms with Crippen LogP contribution < -0.4 is 16.0 Å². The molecule has 1 aliphatic heterocycles. The summed E-state index contributed by atoms with van der Waals surface area (Å²) in [4.78, 5) is 28.1. The van der Waals surface area contributed by atoms with E-state index in [0.29, 0.717) is 44.1 Å². The molecule has 0 unspecified atom stereocenters. The molecule has 0 bridgehead atoms. The van der Waals surface area contributed by atoms with E-state index in [2.05, 4.69) is 10.3 Å². The number of hydrogen-bond donors (Lipinski definition) is 2. The van der Waals surface area contributed by atoms with Crippen molar-refractivity contribution in [1.82, 2.24) is 4.98 Å². The van der Waals surface area contributed by atoms with Crippen molar-refractivity contribution in [3.8, 4) is 0 Å². The molecule has 1 aliphatic rings. The summed E-state index contributed by atoms with van der Waals surface area (Å²) in [5.74, 6) is 0.493. The first kappa shape index (κ1) is 15.0. The molecule has 3 N–H and O–H groups in total. The molecule has 1 saturated heterocycles. The van der Waals surface area contributed by atoms with E-state index >= 15 is 0 Å². The Morgan fingerprint density at radius 1 is 1.52 bits per heavy atom. The van der Waals surface area contributed by atoms with E-state index in [9.17, 15) is 14.9 Å². The summed E-state index contributed by atoms with van der Waals surface area (Å²) in [5, 5.41) is 14.2. The van der Waals surface area contributed by atoms with Crippen molar-refractivity contribution in [1.29, 1.82) is 0 Å². The summed E-state index contributed by atoms with van der Waals surface area (Å²) in [6.45, 7) is 3.70. The highest BCUT2D eigenvalue weighted by molar-refractivity contribution is 5.77. The van der Waals surface area contributed by atoms with Crippen molar-refractivity contribution in [3.63, 3.8) is 0 Å². The Morgan fingerprint density at radius 2 is 2.19 bits per heavy atom. The molecule has 0 atom stereocenters. The lowest BCUT2D eigenvalue weighted by Crippen LogP contribution is -2.39. The number of piperidine rings is 1. The first-order valence-electron chi connectivity index (χ1n) is 6.96. The van der Waals surface area contributed by atoms with Crippen LogP contribution in [0.4, 0.5) is 17.3 Å². The molecule has 0 saturated carbocycles. The number of amides is 1. The molecular formula is C13H19N5O3. The number of primary amides is 1. The van der Waals surface area contributed by atoms with Gasteiger partial charge in [-0.05, 0) is 25.8 Å². The molecule has 0 spiro atoms. The predicted molar refractivity (Wildman–Crippen MR) is 79.2 cm³/mol. The van der Waals surface area contributed by atoms with Crippen LogP contribution in [0.1, 0.15) is 19.8 Å². The van der Waals surface area contributed by atoms with Gasteiger partial charge in [0.05, 0.1) is 4.92 Å². The number of hydrogen-bond acceptors (Lipinski definition) is 6. The van der Waals surface area contributed by atoms with Gasteiger partial charge < -0.3 is 16.0 Å². The number of carbonyl (C=O) groups is 1. The van der Waals surface area contributed by atoms with Gasteiger partial charge in [0.25, 0.3) is 0 Å². The summed E-state index contributed by atoms with van der Waals surface area (Å²) in [6.07, 6.45) is 1.19. The van der Waals surface area contributed by atoms with Gasteiger partial charge in [-0.1, -0.05) is 0 Å². The van der Waals surface area contributed by atoms with E-state index in [1.165, 1.54) is 6.07 Å². The second-order valence-corrected chi connectivity index (χ2v) is 4.99. The number of anilines is 2. The maximum absolute atomic E-state index is 11.2. The fourth-order valence-electron chi connectivity index (χ4n) is 2.47. The smallest absolute Gasteiger partial charge is 0.311 e. The van der Waals surface area contributed by atoms with Crippen LogP contribution in [0.25, 0.3) is 0 Å². The van der Waals surface area contributed by atoms with Gasteiger partial charge >= 0.3 is 5.69 Å². The molecule has 0 radical (unpaired) electrons. The SMILES string of the molecule is CCNc1ccc([N+](=O)[O-])c(N2CCC(C(N)=O)CC2)n1. The van der Waals surface area contributed by atoms with Crippen molar-refractivity contribution in [2.24, 2.45) is 11.7 Å². The number of nitrogens with one attached hydrogen (secondary N) is 1. The van der Waals surface area contributed by atoms with Gasteiger partial charge in [0.1, 0.15) is 5.82 Å². The Hall–Kier alpha value is -2.38. The molecule has 114 valence electrons. The predicted octanol–water partition coefficient (Wildman–Crippen LogP) is 1.12. The van der Waals surface area contributed by atoms with Crippen molar-refractivity contribution in [3.05, 3.63) is 22.2 Å². The Balaban J connectivity index is 2.23. The van der Waals surface area contributed by atoms with Gasteiger partial charge in [0.2, 0.25) is 11.7 Å². The molecule has 1 aromatic rings. The molecule has 8 heteroatoms. The van der Waals surface area contributed by atoms with Crippen molar-refractivity contribution >= 4 is 23.2 Å². The highest BCUT2D eigenvalue weighted by atomic mass is 16.6. The van der Waals surface area contributed by atoms with E-state index in [4.69, 9.17) is 5.73 Å². The maximum atomic E-state index is 11.2. The van der Waals surface area contributed by atoms with Crippen LogP contribution in [-0.2, 0) is 4.79 Å². The molecule has 0 aromatic carbocycles. The minimum absolute atomic E-state index is 0.0193. The van der Waals surface area contributed by atoms with Crippen LogP contribution in [0, 0.1) is 16.0 Å². The van der Waals surface area contributed by atoms with Crippen LogP contribution in [0.3, 0.4) is 0 Å². The number of nitrogens with two attached hydrogens (primary N) is 1. The van der Waals surface area contributed by atoms with Crippen LogP contribution in [0.15, 0.2) is 12.1 Å². The van der Waals surface area contributed by atoms with Gasteiger partial charge in [-0.3, -0.25) is 14.9 Å². The number of nitrogens with zero attached hydrogens (tertiary/aromatic N) is 3. The first-order valence-corrected chi connectivity index (χ1v) is 6.96. The standard InChI is InChI=1S/C13H19N5O3/c1-2-15-11-4-3-10(18(20)21)13(16-11)17-7-5-9(6-8-17)12(14)19/h3-4,9H,2,5-8H2,1H3,(H2,14,19)(H,15,16). The largest absolute Gasteiger partial charge is 0.370 e. The zero-order valence-electron chi connectivity index (χ0n) is 11.9. The third-order valence-corrected chi connectivity index (χ3v) is 3.61. The number of carbonyl (C=O) groups excluding carboxylic acids is 1. The van der Waals surface area contributed by atoms with Crippen molar-refractivity contribution < 1.29 is 9.72 Å². The summed E-state index contributed by atoms with van der Waals surface area (Å²) < 4.78 is 0. The average molecular weight is 293 g/mol. The van der Waals surface area contributed by atoms with E-state index < -0.39 is 4.92 Å². The lowest BCUT2D eigenvalue weighted by molar-refractivity contribution is -0.384. The minimum atomic E-state index is -0.432. The van der Waals surface area contributed by atoms with E-state index in [1.54, 1.807) is 6.07 Å². The summed E-state index contributed by atoms with van der Waals surface area (Å²) in [7, 11) is 0. The molecular weight excluding hydrogens is 274 g/mol. The molecule has 2 heterocycles. The summed E-state index contributed by atoms with van der Waals surface area (Å²) in [6, 6.07) is 3.06. The van der Waals surface area contributed by atoms with Crippen LogP contribution in [0.2, 0.25) is 0 Å². The third kappa shape index (κ3) is 3.39. The number of rotatable bonds is 5. The highest BCUT2D eigenvalue weighted by Gasteiger charge is 2.28. The minimum Gasteiger partial charge on any atom is -0.370 e. The summed E-state index contributed by atoms with van der Waals surface area (Å²) in [5.41, 5.74) is 5.28. The van der Waals surface area contributed by atoms with Gasteiger partial charge in [-0.15, -0.1) is 0 Å². The molecule has 8 nitrogen and oxygen atoms in total. The molecule has 0 aliphatic carbocycles. The van der Waals surface area contributed by atoms with E-state index in [1.807, 2.05) is 11.8 Å². The van der Waals surface area contributed by atoms with Crippen LogP contribution >= 0.6 is 0 Å². The lowest BCUT2D eigenvalue weighted by Gasteiger charge is -2.31. The van der Waals surface area contributed by atoms with Crippen LogP contribution in [0.5, 0.6) is 0 Å². The quantitative estimate of drug-likeness (QED) is 0.621. The highest BCUT2D eigenvalue weighted by Crippen LogP contribution is 2.30. The maximum Gasteiger partial charge on any atom is 0.311 e. The Kier molecular flexibility index (Phi) is 4.56. The zero-order valence-corrected chi connectivity index (χ0v) is 11.9. The van der Waals surface area contributed by atoms with Gasteiger partial charge in [0, 0.05) is 31.6 Å². The fraction of sp³-hybridized carbons (Fsp3) is 0.538. The Labute approximate surface area is 122 Å². The Bertz CT molecular complexity index is 541. The first-order chi connectivity index (χ1) is 10.0. The van der Waals surface area contributed by atoms with Gasteiger partial charge in [-0.2, -0.15) is 0 Å². The zero-order chi connectivity index (χ0) is 15.4. The number of nitro groups is 1. The van der Waals surface area contributed by atoms with Gasteiger partial charge in [-0.25, -0.2) is 4.98 Å². The molecule has 2 rings (SSSR count). The monoisotopic (exact) mass is 293 g/mol. The number of aromatic nitrogens is 1. The lowest BCUT2D eigenvalue weighted by atomic mass is 9.96. The molecule has 1 aromatic heterocycles. The van der Waals surface area contributed by atoms with Crippen molar-refractivity contribution in [2.45, 2.75) is 19.8 Å². The van der Waals surface area contributed by atoms with Gasteiger partial charge in [0.15, 0.2) is 0 Å². The molecule has 21 heavy (non-hydrogen) atoms. The van der Waals surface area contributed by atoms with E-state index in [0.717, 1.165) is 0 Å². The fourth-order valence-corrected chi connectivity index (χ4v) is 2.47. The van der Waals surface area contributed by atoms with E-state index in [-0.39, 0.29) is 17.5 Å². The van der Waals surface area contributed by atoms with Crippen LogP contribution in [-0.4, -0.2) is 35.4 Å². The molecule has 1 amide bonds. The molecule has 1 fully saturated rings. The number of pyridine rings is 1. The average Bonchev–Trinajstić information content (AvgIpc) is 2.47. The second kappa shape index (κ2) is 6.38.